The molecule has 0 aromatic heterocycles. The molecule has 5 aromatic carbocycles. The number of methoxy groups -OCH3 is 2. The molecule has 0 aliphatic carbocycles. The normalized spacial score (nSPS) is 17.2. The molecule has 1 heterocycles. The summed E-state index contributed by atoms with van der Waals surface area (Å²) >= 11 is 0. The highest BCUT2D eigenvalue weighted by molar-refractivity contribution is 6.00. The molecule has 1 N–H and O–H groups in total. The minimum atomic E-state index is -3.62. The molecule has 0 amide bonds. The highest BCUT2D eigenvalue weighted by atomic mass is 19.3. The van der Waals surface area contributed by atoms with Gasteiger partial charge in [-0.25, -0.2) is 22.6 Å². The highest BCUT2D eigenvalue weighted by Crippen LogP contribution is 2.48. The van der Waals surface area contributed by atoms with E-state index in [0.717, 1.165) is 11.6 Å². The molecule has 0 saturated carbocycles. The summed E-state index contributed by atoms with van der Waals surface area (Å²) in [5.41, 5.74) is 1.05. The lowest BCUT2D eigenvalue weighted by Gasteiger charge is -2.39. The Morgan fingerprint density at radius 3 is 1.96 bits per heavy atom. The Kier molecular flexibility index (Phi) is 9.64. The van der Waals surface area contributed by atoms with Crippen molar-refractivity contribution < 1.29 is 27.4 Å². The first-order valence-electron chi connectivity index (χ1n) is 16.0. The van der Waals surface area contributed by atoms with Gasteiger partial charge in [-0.2, -0.15) is 5.26 Å². The Morgan fingerprint density at radius 1 is 0.820 bits per heavy atom. The zero-order valence-corrected chi connectivity index (χ0v) is 27.9. The molecule has 5 aromatic rings. The molecule has 0 saturated heterocycles. The smallest absolute Gasteiger partial charge is 0.299 e. The van der Waals surface area contributed by atoms with Crippen molar-refractivity contribution in [3.8, 4) is 17.6 Å². The minimum absolute atomic E-state index is 0.144. The third-order valence-corrected chi connectivity index (χ3v) is 9.10. The first-order chi connectivity index (χ1) is 24.1. The molecular weight excluding hydrogens is 641 g/mol. The van der Waals surface area contributed by atoms with Crippen LogP contribution in [0, 0.1) is 17.1 Å². The number of amidine groups is 1. The molecule has 0 bridgehead atoms. The summed E-state index contributed by atoms with van der Waals surface area (Å²) in [7, 11) is 3.14. The van der Waals surface area contributed by atoms with Gasteiger partial charge in [0, 0.05) is 46.8 Å². The summed E-state index contributed by atoms with van der Waals surface area (Å²) in [5.74, 6) is -2.98. The number of rotatable bonds is 9. The summed E-state index contributed by atoms with van der Waals surface area (Å²) in [4.78, 5) is 4.92. The van der Waals surface area contributed by atoms with Crippen molar-refractivity contribution in [3.05, 3.63) is 144 Å². The maximum atomic E-state index is 16.5. The quantitative estimate of drug-likeness (QED) is 0.158. The van der Waals surface area contributed by atoms with Gasteiger partial charge in [0.15, 0.2) is 5.54 Å². The van der Waals surface area contributed by atoms with Crippen LogP contribution in [0.3, 0.4) is 0 Å². The molecule has 0 unspecified atom stereocenters. The zero-order valence-electron chi connectivity index (χ0n) is 27.9. The van der Waals surface area contributed by atoms with Crippen molar-refractivity contribution in [2.45, 2.75) is 24.9 Å². The van der Waals surface area contributed by atoms with Gasteiger partial charge in [0.2, 0.25) is 5.84 Å². The van der Waals surface area contributed by atoms with E-state index in [1.807, 2.05) is 54.6 Å². The van der Waals surface area contributed by atoms with Crippen LogP contribution in [0.15, 0.2) is 126 Å². The fraction of sp³-hybridized carbons (Fsp3) is 0.200. The van der Waals surface area contributed by atoms with Gasteiger partial charge in [-0.15, -0.1) is 0 Å². The molecule has 7 nitrogen and oxygen atoms in total. The van der Waals surface area contributed by atoms with Crippen LogP contribution in [-0.4, -0.2) is 39.2 Å². The Morgan fingerprint density at radius 2 is 1.40 bits per heavy atom. The fourth-order valence-electron chi connectivity index (χ4n) is 6.26. The second-order valence-electron chi connectivity index (χ2n) is 12.2. The second-order valence-corrected chi connectivity index (χ2v) is 12.2. The van der Waals surface area contributed by atoms with Crippen LogP contribution in [-0.2, 0) is 16.8 Å². The SMILES string of the molecule is COc1ccc([N+](Cc2ccccc2)(C2=N[C@](C)(c3cc(Nc4ccc(C#N)cc4)ccc3F)C(F)(F)COC2)c2ccc(OC)cc2)cc1. The summed E-state index contributed by atoms with van der Waals surface area (Å²) in [6.07, 6.45) is 0. The number of alkyl halides is 2. The summed E-state index contributed by atoms with van der Waals surface area (Å²) in [6.45, 7) is 0.275. The van der Waals surface area contributed by atoms with Gasteiger partial charge in [-0.1, -0.05) is 30.3 Å². The van der Waals surface area contributed by atoms with E-state index in [1.165, 1.54) is 19.1 Å². The van der Waals surface area contributed by atoms with Crippen LogP contribution < -0.4 is 19.3 Å². The summed E-state index contributed by atoms with van der Waals surface area (Å²) < 4.78 is 65.6. The van der Waals surface area contributed by atoms with E-state index in [9.17, 15) is 0 Å². The zero-order chi connectivity index (χ0) is 35.4. The Labute approximate surface area is 289 Å². The predicted octanol–water partition coefficient (Wildman–Crippen LogP) is 9.28. The first-order valence-corrected chi connectivity index (χ1v) is 16.0. The highest BCUT2D eigenvalue weighted by Gasteiger charge is 2.57. The molecule has 0 fully saturated rings. The van der Waals surface area contributed by atoms with E-state index in [2.05, 4.69) is 11.4 Å². The lowest BCUT2D eigenvalue weighted by atomic mass is 9.85. The Hall–Kier alpha value is -5.63. The van der Waals surface area contributed by atoms with Crippen LogP contribution in [0.1, 0.15) is 23.6 Å². The van der Waals surface area contributed by atoms with Crippen LogP contribution in [0.2, 0.25) is 0 Å². The average molecular weight is 678 g/mol. The van der Waals surface area contributed by atoms with Crippen molar-refractivity contribution in [3.63, 3.8) is 0 Å². The number of halogens is 3. The molecule has 1 aliphatic rings. The number of nitrogens with zero attached hydrogens (tertiary/aromatic N) is 3. The van der Waals surface area contributed by atoms with E-state index in [0.29, 0.717) is 39.8 Å². The number of hydrogen-bond acceptors (Lipinski definition) is 6. The van der Waals surface area contributed by atoms with Crippen LogP contribution in [0.4, 0.5) is 35.9 Å². The molecule has 50 heavy (non-hydrogen) atoms. The van der Waals surface area contributed by atoms with Crippen molar-refractivity contribution in [2.24, 2.45) is 4.99 Å². The predicted molar refractivity (Wildman–Crippen MR) is 189 cm³/mol. The lowest BCUT2D eigenvalue weighted by Crippen LogP contribution is -2.52. The molecule has 254 valence electrons. The molecular formula is C40H36F3N4O3+. The van der Waals surface area contributed by atoms with Crippen molar-refractivity contribution in [1.82, 2.24) is 4.48 Å². The van der Waals surface area contributed by atoms with Gasteiger partial charge in [0.1, 0.15) is 48.4 Å². The van der Waals surface area contributed by atoms with Crippen molar-refractivity contribution >= 4 is 28.6 Å². The van der Waals surface area contributed by atoms with Gasteiger partial charge >= 0.3 is 0 Å². The lowest BCUT2D eigenvalue weighted by molar-refractivity contribution is -0.116. The van der Waals surface area contributed by atoms with Gasteiger partial charge < -0.3 is 19.5 Å². The number of nitrogens with one attached hydrogen (secondary N) is 1. The molecule has 1 aliphatic heterocycles. The summed E-state index contributed by atoms with van der Waals surface area (Å²) in [6, 6.07) is 37.1. The molecule has 6 rings (SSSR count). The van der Waals surface area contributed by atoms with Gasteiger partial charge in [-0.3, -0.25) is 0 Å². The first kappa shape index (κ1) is 34.2. The number of nitriles is 1. The average Bonchev–Trinajstić information content (AvgIpc) is 3.27. The largest absolute Gasteiger partial charge is 0.497 e. The molecule has 1 atom stereocenters. The van der Waals surface area contributed by atoms with E-state index in [-0.39, 0.29) is 29.0 Å². The van der Waals surface area contributed by atoms with Crippen LogP contribution in [0.25, 0.3) is 0 Å². The number of quaternary nitrogens is 1. The summed E-state index contributed by atoms with van der Waals surface area (Å²) in [5, 5.41) is 12.3. The molecule has 0 spiro atoms. The van der Waals surface area contributed by atoms with E-state index >= 15 is 13.2 Å². The third kappa shape index (κ3) is 6.53. The van der Waals surface area contributed by atoms with E-state index in [1.54, 1.807) is 62.8 Å². The van der Waals surface area contributed by atoms with Crippen molar-refractivity contribution in [1.29, 1.82) is 5.26 Å². The van der Waals surface area contributed by atoms with E-state index < -0.39 is 23.9 Å². The Balaban J connectivity index is 1.59. The number of anilines is 2. The number of ether oxygens (including phenoxy) is 3. The van der Waals surface area contributed by atoms with Crippen LogP contribution in [0.5, 0.6) is 11.5 Å². The fourth-order valence-corrected chi connectivity index (χ4v) is 6.26. The second kappa shape index (κ2) is 14.1. The molecule has 10 heteroatoms. The van der Waals surface area contributed by atoms with Crippen molar-refractivity contribution in [2.75, 3.05) is 32.8 Å². The maximum Gasteiger partial charge on any atom is 0.299 e. The monoisotopic (exact) mass is 677 g/mol. The van der Waals surface area contributed by atoms with Crippen LogP contribution >= 0.6 is 0 Å². The number of benzene rings is 5. The van der Waals surface area contributed by atoms with E-state index in [4.69, 9.17) is 24.5 Å². The van der Waals surface area contributed by atoms with Gasteiger partial charge in [0.05, 0.1) is 25.9 Å². The molecule has 0 radical (unpaired) electrons. The maximum absolute atomic E-state index is 16.5. The third-order valence-electron chi connectivity index (χ3n) is 9.10. The van der Waals surface area contributed by atoms with Gasteiger partial charge in [-0.05, 0) is 73.7 Å². The Bertz CT molecular complexity index is 1970. The topological polar surface area (TPSA) is 75.9 Å². The van der Waals surface area contributed by atoms with Gasteiger partial charge in [0.25, 0.3) is 5.92 Å². The number of aliphatic imine (C=N–C) groups is 1. The number of hydrogen-bond donors (Lipinski definition) is 1. The minimum Gasteiger partial charge on any atom is -0.497 e. The standard InChI is InChI=1S/C40H36F3N4O3/c1-39(36-23-31(13-22-37(36)41)45-30-11-9-28(24-44)10-12-30)40(42,43)27-50-26-38(46-39)47(25-29-7-5-4-6-8-29,32-14-18-34(48-2)19-15-32)33-16-20-35(49-3)21-17-33/h4-23,45H,25-27H2,1-3H3/q+1/t39-/m1/s1.